The molecule has 0 radical (unpaired) electrons. The van der Waals surface area contributed by atoms with Gasteiger partial charge in [-0.2, -0.15) is 0 Å². The van der Waals surface area contributed by atoms with E-state index in [9.17, 15) is 19.8 Å². The smallest absolute Gasteiger partial charge is 0.305 e. The fourth-order valence-corrected chi connectivity index (χ4v) is 9.69. The van der Waals surface area contributed by atoms with E-state index >= 15 is 0 Å². The highest BCUT2D eigenvalue weighted by atomic mass is 16.5. The Bertz CT molecular complexity index is 1080. The minimum atomic E-state index is -0.675. The van der Waals surface area contributed by atoms with E-state index in [1.54, 1.807) is 0 Å². The first kappa shape index (κ1) is 67.3. The maximum Gasteiger partial charge on any atom is 0.305 e. The van der Waals surface area contributed by atoms with E-state index in [0.29, 0.717) is 25.9 Å². The quantitative estimate of drug-likeness (QED) is 0.0321. The highest BCUT2D eigenvalue weighted by Gasteiger charge is 2.20. The second-order valence-corrected chi connectivity index (χ2v) is 21.4. The second-order valence-electron chi connectivity index (χ2n) is 21.4. The third kappa shape index (κ3) is 55.5. The molecule has 0 rings (SSSR count). The van der Waals surface area contributed by atoms with Crippen molar-refractivity contribution in [2.45, 2.75) is 353 Å². The number of esters is 1. The number of aliphatic hydroxyl groups excluding tert-OH is 2. The summed E-state index contributed by atoms with van der Waals surface area (Å²) in [5.74, 6) is -0.0523. The van der Waals surface area contributed by atoms with Crippen molar-refractivity contribution in [3.63, 3.8) is 0 Å². The lowest BCUT2D eigenvalue weighted by Crippen LogP contribution is -2.45. The first-order valence-electron chi connectivity index (χ1n) is 31.1. The van der Waals surface area contributed by atoms with E-state index in [-0.39, 0.29) is 18.5 Å². The lowest BCUT2D eigenvalue weighted by Gasteiger charge is -2.22. The number of rotatable bonds is 58. The van der Waals surface area contributed by atoms with Crippen LogP contribution in [0.2, 0.25) is 0 Å². The van der Waals surface area contributed by atoms with E-state index in [1.165, 1.54) is 244 Å². The van der Waals surface area contributed by atoms with Crippen molar-refractivity contribution in [3.8, 4) is 0 Å². The van der Waals surface area contributed by atoms with Gasteiger partial charge in [0.2, 0.25) is 5.91 Å². The Balaban J connectivity index is 3.44. The molecule has 0 saturated heterocycles. The van der Waals surface area contributed by atoms with E-state index in [0.717, 1.165) is 64.2 Å². The maximum atomic E-state index is 12.5. The fourth-order valence-electron chi connectivity index (χ4n) is 9.69. The lowest BCUT2D eigenvalue weighted by atomic mass is 10.0. The van der Waals surface area contributed by atoms with Crippen LogP contribution in [0.5, 0.6) is 0 Å². The standard InChI is InChI=1S/C63H121NO5/c1-3-5-7-9-11-13-15-17-19-21-22-24-29-33-37-41-45-49-53-57-63(68)69-58-54-50-46-42-38-34-30-26-25-28-32-36-40-44-48-52-56-62(67)64-60(59-65)61(66)55-51-47-43-39-35-31-27-23-20-18-16-14-12-10-8-6-4-2/h17,19,25,28,60-61,65-66H,3-16,18,20-24,26-27,29-59H2,1-2H3,(H,64,67)/b19-17-,28-25-. The summed E-state index contributed by atoms with van der Waals surface area (Å²) in [5.41, 5.74) is 0. The van der Waals surface area contributed by atoms with Gasteiger partial charge in [0.15, 0.2) is 0 Å². The molecule has 0 saturated carbocycles. The van der Waals surface area contributed by atoms with Gasteiger partial charge in [0.25, 0.3) is 0 Å². The van der Waals surface area contributed by atoms with Crippen LogP contribution in [0, 0.1) is 0 Å². The third-order valence-corrected chi connectivity index (χ3v) is 14.5. The van der Waals surface area contributed by atoms with Gasteiger partial charge < -0.3 is 20.3 Å². The number of carbonyl (C=O) groups excluding carboxylic acids is 2. The molecule has 0 aromatic heterocycles. The van der Waals surface area contributed by atoms with Crippen molar-refractivity contribution in [3.05, 3.63) is 24.3 Å². The Labute approximate surface area is 431 Å². The molecule has 69 heavy (non-hydrogen) atoms. The number of hydrogen-bond acceptors (Lipinski definition) is 5. The molecule has 0 aliphatic heterocycles. The molecular weight excluding hydrogens is 851 g/mol. The molecule has 0 aromatic rings. The molecule has 3 N–H and O–H groups in total. The van der Waals surface area contributed by atoms with Crippen LogP contribution in [0.15, 0.2) is 24.3 Å². The van der Waals surface area contributed by atoms with Crippen molar-refractivity contribution in [2.75, 3.05) is 13.2 Å². The molecule has 1 amide bonds. The molecule has 0 heterocycles. The molecule has 0 aliphatic rings. The number of allylic oxidation sites excluding steroid dienone is 4. The SMILES string of the molecule is CCCCCCCC/C=C\CCCCCCCCCCCC(=O)OCCCCCCCCC/C=C\CCCCCCCC(=O)NC(CO)C(O)CCCCCCCCCCCCCCCCCCC. The lowest BCUT2D eigenvalue weighted by molar-refractivity contribution is -0.143. The van der Waals surface area contributed by atoms with E-state index in [1.807, 2.05) is 0 Å². The summed E-state index contributed by atoms with van der Waals surface area (Å²) >= 11 is 0. The minimum absolute atomic E-state index is 0.00261. The van der Waals surface area contributed by atoms with Crippen LogP contribution in [0.3, 0.4) is 0 Å². The maximum absolute atomic E-state index is 12.5. The van der Waals surface area contributed by atoms with E-state index in [4.69, 9.17) is 4.74 Å². The van der Waals surface area contributed by atoms with Gasteiger partial charge in [-0.05, 0) is 77.0 Å². The van der Waals surface area contributed by atoms with Gasteiger partial charge >= 0.3 is 5.97 Å². The number of ether oxygens (including phenoxy) is 1. The van der Waals surface area contributed by atoms with Crippen LogP contribution < -0.4 is 5.32 Å². The van der Waals surface area contributed by atoms with Gasteiger partial charge in [-0.1, -0.05) is 276 Å². The molecule has 0 bridgehead atoms. The predicted octanol–water partition coefficient (Wildman–Crippen LogP) is 19.4. The molecule has 6 heteroatoms. The molecule has 0 aromatic carbocycles. The van der Waals surface area contributed by atoms with Crippen LogP contribution in [0.25, 0.3) is 0 Å². The van der Waals surface area contributed by atoms with E-state index in [2.05, 4.69) is 43.5 Å². The number of hydrogen-bond donors (Lipinski definition) is 3. The zero-order chi connectivity index (χ0) is 50.0. The average molecular weight is 973 g/mol. The molecule has 0 aliphatic carbocycles. The summed E-state index contributed by atoms with van der Waals surface area (Å²) in [5, 5.41) is 23.3. The Morgan fingerprint density at radius 1 is 0.391 bits per heavy atom. The normalized spacial score (nSPS) is 12.7. The number of carbonyl (C=O) groups is 2. The van der Waals surface area contributed by atoms with Gasteiger partial charge in [-0.25, -0.2) is 0 Å². The molecule has 6 nitrogen and oxygen atoms in total. The third-order valence-electron chi connectivity index (χ3n) is 14.5. The Hall–Kier alpha value is -1.66. The van der Waals surface area contributed by atoms with Crippen LogP contribution in [0.4, 0.5) is 0 Å². The van der Waals surface area contributed by atoms with Gasteiger partial charge in [0.05, 0.1) is 25.4 Å². The van der Waals surface area contributed by atoms with Gasteiger partial charge in [0, 0.05) is 12.8 Å². The molecule has 2 atom stereocenters. The average Bonchev–Trinajstić information content (AvgIpc) is 3.35. The fraction of sp³-hybridized carbons (Fsp3) is 0.905. The zero-order valence-electron chi connectivity index (χ0n) is 46.6. The first-order valence-corrected chi connectivity index (χ1v) is 31.1. The van der Waals surface area contributed by atoms with Crippen molar-refractivity contribution in [2.24, 2.45) is 0 Å². The minimum Gasteiger partial charge on any atom is -0.466 e. The zero-order valence-corrected chi connectivity index (χ0v) is 46.6. The van der Waals surface area contributed by atoms with Crippen LogP contribution >= 0.6 is 0 Å². The van der Waals surface area contributed by atoms with Crippen LogP contribution in [0.1, 0.15) is 341 Å². The first-order chi connectivity index (χ1) is 34.0. The molecule has 0 fully saturated rings. The van der Waals surface area contributed by atoms with Crippen molar-refractivity contribution in [1.29, 1.82) is 0 Å². The molecule has 2 unspecified atom stereocenters. The Kier molecular flexibility index (Phi) is 57.5. The summed E-state index contributed by atoms with van der Waals surface area (Å²) < 4.78 is 5.49. The van der Waals surface area contributed by atoms with Crippen LogP contribution in [-0.2, 0) is 14.3 Å². The Morgan fingerprint density at radius 3 is 1.03 bits per heavy atom. The molecule has 408 valence electrons. The van der Waals surface area contributed by atoms with Gasteiger partial charge in [-0.15, -0.1) is 0 Å². The number of amides is 1. The predicted molar refractivity (Wildman–Crippen MR) is 301 cm³/mol. The number of unbranched alkanes of at least 4 members (excludes halogenated alkanes) is 43. The summed E-state index contributed by atoms with van der Waals surface area (Å²) in [6.07, 6.45) is 71.8. The number of nitrogens with one attached hydrogen (secondary N) is 1. The van der Waals surface area contributed by atoms with Crippen molar-refractivity contribution >= 4 is 11.9 Å². The van der Waals surface area contributed by atoms with Crippen molar-refractivity contribution in [1.82, 2.24) is 5.32 Å². The Morgan fingerprint density at radius 2 is 0.681 bits per heavy atom. The second kappa shape index (κ2) is 58.9. The molecule has 0 spiro atoms. The van der Waals surface area contributed by atoms with Gasteiger partial charge in [-0.3, -0.25) is 9.59 Å². The molecular formula is C63H121NO5. The van der Waals surface area contributed by atoms with Crippen molar-refractivity contribution < 1.29 is 24.5 Å². The van der Waals surface area contributed by atoms with Crippen LogP contribution in [-0.4, -0.2) is 47.4 Å². The highest BCUT2D eigenvalue weighted by molar-refractivity contribution is 5.76. The summed E-state index contributed by atoms with van der Waals surface area (Å²) in [6.45, 7) is 4.95. The monoisotopic (exact) mass is 972 g/mol. The highest BCUT2D eigenvalue weighted by Crippen LogP contribution is 2.17. The summed E-state index contributed by atoms with van der Waals surface area (Å²) in [7, 11) is 0. The topological polar surface area (TPSA) is 95.9 Å². The number of aliphatic hydroxyl groups is 2. The largest absolute Gasteiger partial charge is 0.466 e. The van der Waals surface area contributed by atoms with E-state index < -0.39 is 12.1 Å². The summed E-state index contributed by atoms with van der Waals surface area (Å²) in [6, 6.07) is -0.554. The summed E-state index contributed by atoms with van der Waals surface area (Å²) in [4.78, 5) is 24.6. The van der Waals surface area contributed by atoms with Gasteiger partial charge in [0.1, 0.15) is 0 Å².